The second-order valence-corrected chi connectivity index (χ2v) is 7.85. The third kappa shape index (κ3) is 4.96. The summed E-state index contributed by atoms with van der Waals surface area (Å²) in [5.41, 5.74) is 3.53. The number of hydrogen-bond acceptors (Lipinski definition) is 7. The number of carboxylic acids is 1. The van der Waals surface area contributed by atoms with Crippen LogP contribution in [0, 0.1) is 0 Å². The highest BCUT2D eigenvalue weighted by atomic mass is 16.4. The van der Waals surface area contributed by atoms with Crippen molar-refractivity contribution in [2.75, 3.05) is 13.1 Å². The van der Waals surface area contributed by atoms with E-state index in [1.54, 1.807) is 0 Å². The predicted octanol–water partition coefficient (Wildman–Crippen LogP) is -1.43. The molecule has 3 amide bonds. The van der Waals surface area contributed by atoms with Crippen LogP contribution in [-0.2, 0) is 24.0 Å². The molecule has 168 valence electrons. The minimum absolute atomic E-state index is 0.205. The van der Waals surface area contributed by atoms with E-state index in [4.69, 9.17) is 10.8 Å². The average Bonchev–Trinajstić information content (AvgIpc) is 3.36. The van der Waals surface area contributed by atoms with E-state index in [2.05, 4.69) is 5.32 Å². The Morgan fingerprint density at radius 2 is 1.67 bits per heavy atom. The van der Waals surface area contributed by atoms with Crippen molar-refractivity contribution in [1.29, 1.82) is 0 Å². The highest BCUT2D eigenvalue weighted by Crippen LogP contribution is 2.22. The third-order valence-electron chi connectivity index (χ3n) is 5.80. The lowest BCUT2D eigenvalue weighted by atomic mass is 10.0. The number of nitrogens with one attached hydrogen (secondary N) is 1. The van der Waals surface area contributed by atoms with Gasteiger partial charge in [0.15, 0.2) is 5.78 Å². The van der Waals surface area contributed by atoms with E-state index in [1.165, 1.54) is 23.6 Å². The van der Waals surface area contributed by atoms with Crippen molar-refractivity contribution in [2.45, 2.75) is 76.2 Å². The summed E-state index contributed by atoms with van der Waals surface area (Å²) in [4.78, 5) is 63.5. The maximum absolute atomic E-state index is 12.8. The van der Waals surface area contributed by atoms with Gasteiger partial charge >= 0.3 is 5.97 Å². The topological polar surface area (TPSA) is 170 Å². The van der Waals surface area contributed by atoms with Gasteiger partial charge in [-0.25, -0.2) is 4.79 Å². The Kier molecular flexibility index (Phi) is 7.54. The molecule has 2 fully saturated rings. The smallest absolute Gasteiger partial charge is 0.357 e. The number of hydrogen-bond donors (Lipinski definition) is 4. The van der Waals surface area contributed by atoms with Crippen LogP contribution in [0.4, 0.5) is 0 Å². The summed E-state index contributed by atoms with van der Waals surface area (Å²) in [6.45, 7) is 3.52. The molecule has 2 aliphatic rings. The number of likely N-dealkylation sites (tertiary alicyclic amines) is 2. The number of carboxylic acid groups (broad SMARTS) is 1. The van der Waals surface area contributed by atoms with Gasteiger partial charge in [-0.2, -0.15) is 0 Å². The number of aliphatic carboxylic acids is 1. The Hall–Kier alpha value is -2.53. The van der Waals surface area contributed by atoms with Crippen LogP contribution in [0.5, 0.6) is 0 Å². The lowest BCUT2D eigenvalue weighted by molar-refractivity contribution is -0.167. The Bertz CT molecular complexity index is 728. The fraction of sp³-hybridized carbons (Fsp3) is 0.737. The summed E-state index contributed by atoms with van der Waals surface area (Å²) in [5.74, 6) is -3.48. The van der Waals surface area contributed by atoms with E-state index in [9.17, 15) is 29.1 Å². The Morgan fingerprint density at radius 1 is 1.10 bits per heavy atom. The number of nitrogens with two attached hydrogens (primary N) is 1. The first-order valence-corrected chi connectivity index (χ1v) is 10.2. The van der Waals surface area contributed by atoms with Crippen LogP contribution in [-0.4, -0.2) is 86.4 Å². The molecule has 4 unspecified atom stereocenters. The molecule has 0 aromatic rings. The molecule has 2 saturated heterocycles. The van der Waals surface area contributed by atoms with Crippen molar-refractivity contribution in [3.05, 3.63) is 0 Å². The third-order valence-corrected chi connectivity index (χ3v) is 5.80. The Morgan fingerprint density at radius 3 is 2.20 bits per heavy atom. The first-order valence-electron chi connectivity index (χ1n) is 10.2. The van der Waals surface area contributed by atoms with Gasteiger partial charge in [-0.3, -0.25) is 19.2 Å². The molecule has 0 spiro atoms. The number of aliphatic hydroxyl groups is 1. The molecule has 0 aromatic carbocycles. The highest BCUT2D eigenvalue weighted by molar-refractivity contribution is 5.96. The van der Waals surface area contributed by atoms with Gasteiger partial charge < -0.3 is 31.1 Å². The lowest BCUT2D eigenvalue weighted by Crippen LogP contribution is -2.59. The molecule has 0 radical (unpaired) electrons. The van der Waals surface area contributed by atoms with Gasteiger partial charge in [-0.05, 0) is 25.7 Å². The maximum atomic E-state index is 12.8. The summed E-state index contributed by atoms with van der Waals surface area (Å²) in [6.07, 6.45) is 1.51. The van der Waals surface area contributed by atoms with E-state index in [0.717, 1.165) is 0 Å². The van der Waals surface area contributed by atoms with Gasteiger partial charge in [0, 0.05) is 32.9 Å². The quantitative estimate of drug-likeness (QED) is 0.342. The van der Waals surface area contributed by atoms with Crippen LogP contribution >= 0.6 is 0 Å². The van der Waals surface area contributed by atoms with Crippen molar-refractivity contribution < 1.29 is 34.2 Å². The Balaban J connectivity index is 2.02. The molecule has 2 rings (SSSR count). The SMILES string of the molecule is CCC(O)(NC(=O)C1CCCN1C(=O)C(N)CC(=O)C1CCCN1C(C)=O)C(=O)O. The van der Waals surface area contributed by atoms with E-state index in [1.807, 2.05) is 0 Å². The largest absolute Gasteiger partial charge is 0.478 e. The molecule has 0 bridgehead atoms. The van der Waals surface area contributed by atoms with Crippen molar-refractivity contribution in [3.8, 4) is 0 Å². The van der Waals surface area contributed by atoms with E-state index < -0.39 is 41.6 Å². The number of ketones is 1. The van der Waals surface area contributed by atoms with Crippen LogP contribution < -0.4 is 11.1 Å². The standard InChI is InChI=1S/C19H30N4O7/c1-3-19(30,18(28)29)21-16(26)14-7-5-9-23(14)17(27)12(20)10-15(25)13-6-4-8-22(13)11(2)24/h12-14,30H,3-10,20H2,1-2H3,(H,21,26)(H,28,29). The van der Waals surface area contributed by atoms with Crippen LogP contribution in [0.3, 0.4) is 0 Å². The average molecular weight is 426 g/mol. The van der Waals surface area contributed by atoms with Crippen LogP contribution in [0.1, 0.15) is 52.4 Å². The van der Waals surface area contributed by atoms with E-state index >= 15 is 0 Å². The van der Waals surface area contributed by atoms with Gasteiger partial charge in [0.25, 0.3) is 0 Å². The zero-order chi connectivity index (χ0) is 22.6. The Labute approximate surface area is 174 Å². The molecule has 0 aliphatic carbocycles. The first kappa shape index (κ1) is 23.7. The van der Waals surface area contributed by atoms with Gasteiger partial charge in [0.2, 0.25) is 23.4 Å². The number of carbonyl (C=O) groups is 5. The summed E-state index contributed by atoms with van der Waals surface area (Å²) >= 11 is 0. The fourth-order valence-electron chi connectivity index (χ4n) is 4.01. The highest BCUT2D eigenvalue weighted by Gasteiger charge is 2.43. The summed E-state index contributed by atoms with van der Waals surface area (Å²) < 4.78 is 0. The lowest BCUT2D eigenvalue weighted by Gasteiger charge is -2.30. The van der Waals surface area contributed by atoms with Gasteiger partial charge in [0.1, 0.15) is 6.04 Å². The second-order valence-electron chi connectivity index (χ2n) is 7.85. The zero-order valence-corrected chi connectivity index (χ0v) is 17.3. The van der Waals surface area contributed by atoms with Gasteiger partial charge in [0.05, 0.1) is 12.1 Å². The fourth-order valence-corrected chi connectivity index (χ4v) is 4.01. The molecular formula is C19H30N4O7. The van der Waals surface area contributed by atoms with Gasteiger partial charge in [-0.1, -0.05) is 6.92 Å². The van der Waals surface area contributed by atoms with Crippen LogP contribution in [0.15, 0.2) is 0 Å². The molecule has 11 nitrogen and oxygen atoms in total. The number of carbonyl (C=O) groups excluding carboxylic acids is 4. The number of amides is 3. The molecule has 0 aromatic heterocycles. The van der Waals surface area contributed by atoms with Crippen molar-refractivity contribution in [1.82, 2.24) is 15.1 Å². The number of nitrogens with zero attached hydrogens (tertiary/aromatic N) is 2. The predicted molar refractivity (Wildman–Crippen MR) is 104 cm³/mol. The minimum Gasteiger partial charge on any atom is -0.478 e. The zero-order valence-electron chi connectivity index (χ0n) is 17.3. The maximum Gasteiger partial charge on any atom is 0.357 e. The van der Waals surface area contributed by atoms with Crippen LogP contribution in [0.25, 0.3) is 0 Å². The van der Waals surface area contributed by atoms with E-state index in [-0.39, 0.29) is 31.1 Å². The first-order chi connectivity index (χ1) is 14.0. The van der Waals surface area contributed by atoms with Crippen molar-refractivity contribution in [2.24, 2.45) is 5.73 Å². The van der Waals surface area contributed by atoms with Crippen molar-refractivity contribution in [3.63, 3.8) is 0 Å². The molecular weight excluding hydrogens is 396 g/mol. The normalized spacial score (nSPS) is 24.3. The molecule has 11 heteroatoms. The second kappa shape index (κ2) is 9.52. The van der Waals surface area contributed by atoms with Crippen molar-refractivity contribution >= 4 is 29.5 Å². The molecule has 30 heavy (non-hydrogen) atoms. The van der Waals surface area contributed by atoms with Crippen LogP contribution in [0.2, 0.25) is 0 Å². The minimum atomic E-state index is -2.43. The molecule has 2 heterocycles. The number of Topliss-reactive ketones (excluding diaryl/α,β-unsaturated/α-hetero) is 1. The summed E-state index contributed by atoms with van der Waals surface area (Å²) in [6, 6.07) is -2.74. The molecule has 5 N–H and O–H groups in total. The number of rotatable bonds is 8. The van der Waals surface area contributed by atoms with Gasteiger partial charge in [-0.15, -0.1) is 0 Å². The summed E-state index contributed by atoms with van der Waals surface area (Å²) in [5, 5.41) is 21.2. The molecule has 0 saturated carbocycles. The monoisotopic (exact) mass is 426 g/mol. The summed E-state index contributed by atoms with van der Waals surface area (Å²) in [7, 11) is 0. The molecule has 4 atom stereocenters. The molecule has 2 aliphatic heterocycles. The van der Waals surface area contributed by atoms with E-state index in [0.29, 0.717) is 32.2 Å².